The van der Waals surface area contributed by atoms with Crippen LogP contribution in [0.5, 0.6) is 23.1 Å². The first-order valence-corrected chi connectivity index (χ1v) is 10.4. The third-order valence-electron chi connectivity index (χ3n) is 4.02. The van der Waals surface area contributed by atoms with E-state index in [1.165, 1.54) is 11.2 Å². The molecule has 0 bridgehead atoms. The average molecular weight is 496 g/mol. The van der Waals surface area contributed by atoms with Crippen LogP contribution in [0.2, 0.25) is 5.02 Å². The number of hydrogen-bond acceptors (Lipinski definition) is 6. The van der Waals surface area contributed by atoms with Crippen LogP contribution in [0, 0.1) is 0 Å². The van der Waals surface area contributed by atoms with Gasteiger partial charge in [0.1, 0.15) is 12.1 Å². The van der Waals surface area contributed by atoms with Crippen molar-refractivity contribution in [2.24, 2.45) is 0 Å². The Bertz CT molecular complexity index is 1060. The van der Waals surface area contributed by atoms with Crippen molar-refractivity contribution in [3.8, 4) is 23.1 Å². The minimum atomic E-state index is -0.280. The number of methoxy groups -OCH3 is 1. The van der Waals surface area contributed by atoms with Crippen molar-refractivity contribution >= 4 is 50.2 Å². The highest BCUT2D eigenvalue weighted by Gasteiger charge is 2.14. The van der Waals surface area contributed by atoms with E-state index in [1.54, 1.807) is 51.5 Å². The molecule has 1 heterocycles. The largest absolute Gasteiger partial charge is 0.493 e. The molecule has 0 atom stereocenters. The first-order chi connectivity index (χ1) is 14.4. The fourth-order valence-corrected chi connectivity index (χ4v) is 2.92. The lowest BCUT2D eigenvalue weighted by Crippen LogP contribution is -2.27. The summed E-state index contributed by atoms with van der Waals surface area (Å²) < 4.78 is 17.1. The Morgan fingerprint density at radius 2 is 2.00 bits per heavy atom. The number of rotatable bonds is 7. The van der Waals surface area contributed by atoms with Gasteiger partial charge < -0.3 is 24.4 Å². The number of hydrogen-bond donors (Lipinski definition) is 1. The van der Waals surface area contributed by atoms with Gasteiger partial charge in [0.05, 0.1) is 35.3 Å². The third kappa shape index (κ3) is 5.03. The number of halogens is 2. The summed E-state index contributed by atoms with van der Waals surface area (Å²) in [7, 11) is 4.85. The zero-order valence-electron chi connectivity index (χ0n) is 16.6. The second-order valence-corrected chi connectivity index (χ2v) is 7.50. The van der Waals surface area contributed by atoms with Gasteiger partial charge in [0.15, 0.2) is 11.5 Å². The van der Waals surface area contributed by atoms with Crippen molar-refractivity contribution in [1.82, 2.24) is 14.9 Å². The zero-order chi connectivity index (χ0) is 21.7. The van der Waals surface area contributed by atoms with Gasteiger partial charge in [-0.2, -0.15) is 0 Å². The fourth-order valence-electron chi connectivity index (χ4n) is 2.54. The summed E-state index contributed by atoms with van der Waals surface area (Å²) in [5.41, 5.74) is 1.12. The van der Waals surface area contributed by atoms with Crippen molar-refractivity contribution in [3.63, 3.8) is 0 Å². The lowest BCUT2D eigenvalue weighted by Gasteiger charge is -2.14. The highest BCUT2D eigenvalue weighted by Crippen LogP contribution is 2.37. The predicted molar refractivity (Wildman–Crippen MR) is 120 cm³/mol. The van der Waals surface area contributed by atoms with Crippen molar-refractivity contribution < 1.29 is 19.0 Å². The van der Waals surface area contributed by atoms with Gasteiger partial charge in [-0.05, 0) is 18.2 Å². The van der Waals surface area contributed by atoms with Gasteiger partial charge in [-0.1, -0.05) is 27.5 Å². The molecule has 0 saturated heterocycles. The summed E-state index contributed by atoms with van der Waals surface area (Å²) >= 11 is 9.63. The highest BCUT2D eigenvalue weighted by atomic mass is 79.9. The first kappa shape index (κ1) is 21.9. The normalized spacial score (nSPS) is 10.6. The summed E-state index contributed by atoms with van der Waals surface area (Å²) in [4.78, 5) is 21.8. The number of benzene rings is 2. The van der Waals surface area contributed by atoms with Crippen LogP contribution in [-0.2, 0) is 0 Å². The minimum absolute atomic E-state index is 0.280. The molecule has 0 aliphatic carbocycles. The molecule has 0 spiro atoms. The number of nitrogens with zero attached hydrogens (tertiary/aromatic N) is 3. The van der Waals surface area contributed by atoms with Gasteiger partial charge in [0.2, 0.25) is 5.88 Å². The van der Waals surface area contributed by atoms with Crippen molar-refractivity contribution in [2.75, 3.05) is 38.5 Å². The Hall–Kier alpha value is -2.78. The van der Waals surface area contributed by atoms with Crippen LogP contribution < -0.4 is 19.5 Å². The van der Waals surface area contributed by atoms with Crippen LogP contribution in [0.4, 0.5) is 10.5 Å². The Morgan fingerprint density at radius 3 is 2.67 bits per heavy atom. The van der Waals surface area contributed by atoms with E-state index in [1.807, 2.05) is 0 Å². The number of urea groups is 1. The van der Waals surface area contributed by atoms with Crippen LogP contribution in [0.1, 0.15) is 0 Å². The van der Waals surface area contributed by atoms with E-state index < -0.39 is 0 Å². The number of alkyl halides is 1. The van der Waals surface area contributed by atoms with Crippen LogP contribution in [0.25, 0.3) is 10.9 Å². The third-order valence-corrected chi connectivity index (χ3v) is 4.66. The van der Waals surface area contributed by atoms with E-state index in [4.69, 9.17) is 25.8 Å². The molecule has 158 valence electrons. The number of carbonyl (C=O) groups excluding carboxylic acids is 1. The van der Waals surface area contributed by atoms with Gasteiger partial charge >= 0.3 is 6.03 Å². The van der Waals surface area contributed by atoms with E-state index in [-0.39, 0.29) is 6.03 Å². The van der Waals surface area contributed by atoms with Gasteiger partial charge in [-0.3, -0.25) is 0 Å². The van der Waals surface area contributed by atoms with Crippen molar-refractivity contribution in [2.45, 2.75) is 0 Å². The van der Waals surface area contributed by atoms with E-state index >= 15 is 0 Å². The molecule has 10 heteroatoms. The first-order valence-electron chi connectivity index (χ1n) is 8.90. The number of anilines is 1. The van der Waals surface area contributed by atoms with Gasteiger partial charge in [0.25, 0.3) is 0 Å². The number of nitrogens with one attached hydrogen (secondary N) is 1. The maximum Gasteiger partial charge on any atom is 0.321 e. The number of ether oxygens (including phenoxy) is 3. The van der Waals surface area contributed by atoms with E-state index in [0.717, 1.165) is 0 Å². The van der Waals surface area contributed by atoms with Gasteiger partial charge in [-0.15, -0.1) is 0 Å². The summed E-state index contributed by atoms with van der Waals surface area (Å²) in [5.74, 6) is 1.92. The maximum absolute atomic E-state index is 11.8. The monoisotopic (exact) mass is 494 g/mol. The molecule has 0 radical (unpaired) electrons. The smallest absolute Gasteiger partial charge is 0.321 e. The zero-order valence-corrected chi connectivity index (χ0v) is 19.0. The fraction of sp³-hybridized carbons (Fsp3) is 0.250. The number of aromatic nitrogens is 2. The summed E-state index contributed by atoms with van der Waals surface area (Å²) in [6.07, 6.45) is 1.41. The van der Waals surface area contributed by atoms with E-state index in [2.05, 4.69) is 31.2 Å². The number of carbonyl (C=O) groups is 1. The van der Waals surface area contributed by atoms with Crippen LogP contribution in [0.3, 0.4) is 0 Å². The lowest BCUT2D eigenvalue weighted by atomic mass is 10.2. The molecule has 30 heavy (non-hydrogen) atoms. The van der Waals surface area contributed by atoms with E-state index in [0.29, 0.717) is 56.7 Å². The van der Waals surface area contributed by atoms with Crippen LogP contribution in [0.15, 0.2) is 36.7 Å². The minimum Gasteiger partial charge on any atom is -0.493 e. The molecule has 2 amide bonds. The molecule has 1 N–H and O–H groups in total. The highest BCUT2D eigenvalue weighted by molar-refractivity contribution is 9.09. The van der Waals surface area contributed by atoms with E-state index in [9.17, 15) is 4.79 Å². The second-order valence-electron chi connectivity index (χ2n) is 6.30. The van der Waals surface area contributed by atoms with Crippen molar-refractivity contribution in [1.29, 1.82) is 0 Å². The molecule has 1 aromatic heterocycles. The van der Waals surface area contributed by atoms with Crippen LogP contribution >= 0.6 is 27.5 Å². The Labute approximate surface area is 187 Å². The Morgan fingerprint density at radius 1 is 1.20 bits per heavy atom. The number of amides is 2. The number of fused-ring (bicyclic) bond motifs is 1. The molecule has 0 unspecified atom stereocenters. The van der Waals surface area contributed by atoms with Crippen molar-refractivity contribution in [3.05, 3.63) is 41.7 Å². The lowest BCUT2D eigenvalue weighted by molar-refractivity contribution is 0.230. The molecule has 8 nitrogen and oxygen atoms in total. The SMILES string of the molecule is COc1cc2c(Oc3ccc(NC(=O)N(C)C)c(Cl)c3)ncnc2cc1OCCBr. The predicted octanol–water partition coefficient (Wildman–Crippen LogP) is 4.95. The molecule has 0 aliphatic rings. The van der Waals surface area contributed by atoms with Crippen LogP contribution in [-0.4, -0.2) is 54.0 Å². The van der Waals surface area contributed by atoms with Gasteiger partial charge in [-0.25, -0.2) is 14.8 Å². The Balaban J connectivity index is 1.90. The maximum atomic E-state index is 11.8. The standard InChI is InChI=1S/C20H20BrClN4O4/c1-26(2)20(27)25-15-5-4-12(8-14(15)22)30-19-13-9-17(28-3)18(29-7-6-21)10-16(13)23-11-24-19/h4-5,8-11H,6-7H2,1-3H3,(H,25,27). The van der Waals surface area contributed by atoms with Gasteiger partial charge in [0, 0.05) is 31.6 Å². The second kappa shape index (κ2) is 9.82. The molecular formula is C20H20BrClN4O4. The average Bonchev–Trinajstić information content (AvgIpc) is 2.73. The Kier molecular flexibility index (Phi) is 7.17. The molecule has 0 saturated carbocycles. The molecule has 2 aromatic carbocycles. The molecule has 3 rings (SSSR count). The summed E-state index contributed by atoms with van der Waals surface area (Å²) in [6.45, 7) is 0.492. The molecule has 3 aromatic rings. The quantitative estimate of drug-likeness (QED) is 0.467. The molecule has 0 aliphatic heterocycles. The summed E-state index contributed by atoms with van der Waals surface area (Å²) in [5, 5.41) is 4.39. The molecule has 0 fully saturated rings. The topological polar surface area (TPSA) is 85.8 Å². The summed E-state index contributed by atoms with van der Waals surface area (Å²) in [6, 6.07) is 8.22. The molecular weight excluding hydrogens is 476 g/mol.